The first-order valence-electron chi connectivity index (χ1n) is 4.72. The molecule has 15 heavy (non-hydrogen) atoms. The Hall–Kier alpha value is -1.74. The number of hydrogen-bond donors (Lipinski definition) is 2. The van der Waals surface area contributed by atoms with E-state index >= 15 is 0 Å². The monoisotopic (exact) mass is 214 g/mol. The first-order valence-corrected chi connectivity index (χ1v) is 5.54. The Bertz CT molecular complexity index is 655. The predicted octanol–water partition coefficient (Wildman–Crippen LogP) is 3.22. The molecule has 0 radical (unpaired) electrons. The predicted molar refractivity (Wildman–Crippen MR) is 68.2 cm³/mol. The Morgan fingerprint density at radius 3 is 2.53 bits per heavy atom. The molecule has 0 saturated heterocycles. The lowest BCUT2D eigenvalue weighted by Gasteiger charge is -1.99. The molecule has 0 saturated carbocycles. The Morgan fingerprint density at radius 2 is 1.67 bits per heavy atom. The lowest BCUT2D eigenvalue weighted by Crippen LogP contribution is -1.93. The molecule has 74 valence electrons. The van der Waals surface area contributed by atoms with E-state index in [4.69, 9.17) is 11.5 Å². The Morgan fingerprint density at radius 1 is 0.867 bits per heavy atom. The van der Waals surface area contributed by atoms with Crippen LogP contribution in [0, 0.1) is 0 Å². The number of rotatable bonds is 0. The molecule has 0 bridgehead atoms. The van der Waals surface area contributed by atoms with Crippen LogP contribution in [-0.4, -0.2) is 0 Å². The van der Waals surface area contributed by atoms with E-state index in [1.807, 2.05) is 24.3 Å². The van der Waals surface area contributed by atoms with Crippen LogP contribution in [0.2, 0.25) is 0 Å². The second kappa shape index (κ2) is 2.87. The minimum absolute atomic E-state index is 0.661. The second-order valence-corrected chi connectivity index (χ2v) is 4.60. The highest BCUT2D eigenvalue weighted by molar-refractivity contribution is 7.26. The molecule has 4 N–H and O–H groups in total. The highest BCUT2D eigenvalue weighted by atomic mass is 32.1. The maximum absolute atomic E-state index is 5.97. The first-order chi connectivity index (χ1) is 7.27. The molecular formula is C12H10N2S. The summed E-state index contributed by atoms with van der Waals surface area (Å²) in [6.07, 6.45) is 0. The normalized spacial score (nSPS) is 11.2. The number of nitrogens with two attached hydrogens (primary N) is 2. The number of anilines is 2. The molecule has 3 aromatic rings. The van der Waals surface area contributed by atoms with E-state index in [2.05, 4.69) is 12.1 Å². The summed E-state index contributed by atoms with van der Waals surface area (Å²) >= 11 is 1.70. The summed E-state index contributed by atoms with van der Waals surface area (Å²) in [6.45, 7) is 0. The van der Waals surface area contributed by atoms with Gasteiger partial charge in [-0.25, -0.2) is 0 Å². The van der Waals surface area contributed by atoms with Crippen molar-refractivity contribution in [3.05, 3.63) is 36.4 Å². The zero-order valence-electron chi connectivity index (χ0n) is 8.03. The van der Waals surface area contributed by atoms with Gasteiger partial charge >= 0.3 is 0 Å². The van der Waals surface area contributed by atoms with E-state index in [-0.39, 0.29) is 0 Å². The average Bonchev–Trinajstić information content (AvgIpc) is 2.63. The summed E-state index contributed by atoms with van der Waals surface area (Å²) in [5.41, 5.74) is 13.1. The fourth-order valence-electron chi connectivity index (χ4n) is 1.82. The van der Waals surface area contributed by atoms with Crippen molar-refractivity contribution in [3.63, 3.8) is 0 Å². The smallest absolute Gasteiger partial charge is 0.0729 e. The first kappa shape index (κ1) is 8.56. The van der Waals surface area contributed by atoms with Crippen molar-refractivity contribution < 1.29 is 0 Å². The summed E-state index contributed by atoms with van der Waals surface area (Å²) < 4.78 is 2.35. The molecule has 0 aliphatic heterocycles. The van der Waals surface area contributed by atoms with Gasteiger partial charge in [-0.05, 0) is 12.1 Å². The van der Waals surface area contributed by atoms with E-state index in [0.29, 0.717) is 11.4 Å². The number of thiophene rings is 1. The molecule has 0 amide bonds. The fraction of sp³-hybridized carbons (Fsp3) is 0. The molecule has 3 rings (SSSR count). The summed E-state index contributed by atoms with van der Waals surface area (Å²) in [4.78, 5) is 0. The lowest BCUT2D eigenvalue weighted by atomic mass is 10.1. The zero-order valence-corrected chi connectivity index (χ0v) is 8.84. The molecule has 0 fully saturated rings. The van der Waals surface area contributed by atoms with E-state index in [9.17, 15) is 0 Å². The molecule has 2 aromatic carbocycles. The average molecular weight is 214 g/mol. The van der Waals surface area contributed by atoms with Crippen molar-refractivity contribution in [1.29, 1.82) is 0 Å². The van der Waals surface area contributed by atoms with E-state index in [0.717, 1.165) is 4.70 Å². The van der Waals surface area contributed by atoms with Crippen LogP contribution in [-0.2, 0) is 0 Å². The van der Waals surface area contributed by atoms with Crippen molar-refractivity contribution >= 4 is 42.9 Å². The van der Waals surface area contributed by atoms with E-state index in [1.165, 1.54) is 15.5 Å². The van der Waals surface area contributed by atoms with Gasteiger partial charge in [0.05, 0.1) is 16.1 Å². The largest absolute Gasteiger partial charge is 0.397 e. The molecule has 0 unspecified atom stereocenters. The van der Waals surface area contributed by atoms with Gasteiger partial charge in [-0.15, -0.1) is 11.3 Å². The number of nitrogen functional groups attached to an aromatic ring is 2. The molecule has 0 aliphatic rings. The van der Waals surface area contributed by atoms with Crippen molar-refractivity contribution in [2.45, 2.75) is 0 Å². The van der Waals surface area contributed by atoms with Gasteiger partial charge < -0.3 is 11.5 Å². The van der Waals surface area contributed by atoms with E-state index in [1.54, 1.807) is 11.3 Å². The van der Waals surface area contributed by atoms with Gasteiger partial charge in [0.25, 0.3) is 0 Å². The zero-order chi connectivity index (χ0) is 10.4. The Balaban J connectivity index is 2.60. The van der Waals surface area contributed by atoms with Crippen molar-refractivity contribution in [3.8, 4) is 0 Å². The highest BCUT2D eigenvalue weighted by Gasteiger charge is 2.08. The number of benzene rings is 2. The highest BCUT2D eigenvalue weighted by Crippen LogP contribution is 2.38. The minimum Gasteiger partial charge on any atom is -0.397 e. The van der Waals surface area contributed by atoms with Gasteiger partial charge in [0.1, 0.15) is 0 Å². The third-order valence-electron chi connectivity index (χ3n) is 2.62. The fourth-order valence-corrected chi connectivity index (χ4v) is 3.00. The molecular weight excluding hydrogens is 204 g/mol. The van der Waals surface area contributed by atoms with Gasteiger partial charge in [-0.2, -0.15) is 0 Å². The molecule has 2 nitrogen and oxygen atoms in total. The van der Waals surface area contributed by atoms with Crippen LogP contribution in [0.5, 0.6) is 0 Å². The van der Waals surface area contributed by atoms with Gasteiger partial charge in [0.15, 0.2) is 0 Å². The minimum atomic E-state index is 0.661. The van der Waals surface area contributed by atoms with Crippen molar-refractivity contribution in [2.75, 3.05) is 11.5 Å². The quantitative estimate of drug-likeness (QED) is 0.564. The lowest BCUT2D eigenvalue weighted by molar-refractivity contribution is 1.76. The van der Waals surface area contributed by atoms with Crippen LogP contribution >= 0.6 is 11.3 Å². The van der Waals surface area contributed by atoms with Crippen LogP contribution in [0.1, 0.15) is 0 Å². The molecule has 0 aliphatic carbocycles. The molecule has 1 heterocycles. The molecule has 0 spiro atoms. The molecule has 1 aromatic heterocycles. The molecule has 3 heteroatoms. The van der Waals surface area contributed by atoms with Gasteiger partial charge in [0.2, 0.25) is 0 Å². The third kappa shape index (κ3) is 1.10. The maximum Gasteiger partial charge on any atom is 0.0729 e. The summed E-state index contributed by atoms with van der Waals surface area (Å²) in [6, 6.07) is 12.2. The standard InChI is InChI=1S/C12H10N2S/c13-9-6-5-8-7-3-1-2-4-10(7)15-12(8)11(9)14/h1-6H,13-14H2. The Labute approximate surface area is 91.1 Å². The van der Waals surface area contributed by atoms with Crippen LogP contribution in [0.25, 0.3) is 20.2 Å². The third-order valence-corrected chi connectivity index (χ3v) is 3.84. The Kier molecular flexibility index (Phi) is 1.64. The van der Waals surface area contributed by atoms with Gasteiger partial charge in [0, 0.05) is 15.5 Å². The molecule has 0 atom stereocenters. The van der Waals surface area contributed by atoms with Crippen LogP contribution in [0.4, 0.5) is 11.4 Å². The SMILES string of the molecule is Nc1ccc2c(sc3ccccc32)c1N. The topological polar surface area (TPSA) is 52.0 Å². The van der Waals surface area contributed by atoms with Crippen LogP contribution in [0.15, 0.2) is 36.4 Å². The van der Waals surface area contributed by atoms with Crippen molar-refractivity contribution in [1.82, 2.24) is 0 Å². The maximum atomic E-state index is 5.97. The van der Waals surface area contributed by atoms with Crippen LogP contribution in [0.3, 0.4) is 0 Å². The second-order valence-electron chi connectivity index (χ2n) is 3.54. The van der Waals surface area contributed by atoms with Crippen molar-refractivity contribution in [2.24, 2.45) is 0 Å². The number of hydrogen-bond acceptors (Lipinski definition) is 3. The van der Waals surface area contributed by atoms with Gasteiger partial charge in [-0.3, -0.25) is 0 Å². The van der Waals surface area contributed by atoms with Crippen LogP contribution < -0.4 is 11.5 Å². The van der Waals surface area contributed by atoms with Gasteiger partial charge in [-0.1, -0.05) is 24.3 Å². The summed E-state index contributed by atoms with van der Waals surface area (Å²) in [5, 5.41) is 2.45. The summed E-state index contributed by atoms with van der Waals surface area (Å²) in [7, 11) is 0. The van der Waals surface area contributed by atoms with E-state index < -0.39 is 0 Å². The summed E-state index contributed by atoms with van der Waals surface area (Å²) in [5.74, 6) is 0. The number of fused-ring (bicyclic) bond motifs is 3.